The lowest BCUT2D eigenvalue weighted by Crippen LogP contribution is -2.14. The van der Waals surface area contributed by atoms with E-state index in [2.05, 4.69) is 26.1 Å². The third-order valence-corrected chi connectivity index (χ3v) is 5.38. The summed E-state index contributed by atoms with van der Waals surface area (Å²) in [7, 11) is 1.64. The molecule has 0 spiro atoms. The summed E-state index contributed by atoms with van der Waals surface area (Å²) in [6, 6.07) is 8.39. The van der Waals surface area contributed by atoms with Gasteiger partial charge in [0.2, 0.25) is 5.88 Å². The molecular weight excluding hydrogens is 477 g/mol. The van der Waals surface area contributed by atoms with Crippen LogP contribution in [0.5, 0.6) is 5.88 Å². The van der Waals surface area contributed by atoms with Crippen LogP contribution in [0.4, 0.5) is 13.2 Å². The van der Waals surface area contributed by atoms with Gasteiger partial charge in [-0.1, -0.05) is 39.0 Å². The molecule has 186 valence electrons. The predicted octanol–water partition coefficient (Wildman–Crippen LogP) is 4.68. The minimum atomic E-state index is -4.65. The number of hydrogen-bond donors (Lipinski definition) is 2. The van der Waals surface area contributed by atoms with Crippen LogP contribution in [0.15, 0.2) is 30.3 Å². The number of pyridine rings is 1. The Morgan fingerprint density at radius 3 is 2.53 bits per heavy atom. The number of ether oxygens (including phenoxy) is 1. The van der Waals surface area contributed by atoms with Crippen molar-refractivity contribution in [2.24, 2.45) is 7.05 Å². The number of fused-ring (bicyclic) bond motifs is 1. The second kappa shape index (κ2) is 8.67. The van der Waals surface area contributed by atoms with Gasteiger partial charge in [0.25, 0.3) is 0 Å². The molecule has 36 heavy (non-hydrogen) atoms. The minimum absolute atomic E-state index is 0.102. The molecular formula is C24H21F3N6O3. The molecule has 0 radical (unpaired) electrons. The van der Waals surface area contributed by atoms with Crippen molar-refractivity contribution in [3.63, 3.8) is 0 Å². The van der Waals surface area contributed by atoms with Gasteiger partial charge in [0, 0.05) is 18.0 Å². The molecule has 2 N–H and O–H groups in total. The van der Waals surface area contributed by atoms with E-state index in [-0.39, 0.29) is 39.6 Å². The molecule has 0 aliphatic heterocycles. The van der Waals surface area contributed by atoms with Crippen LogP contribution in [0, 0.1) is 11.3 Å². The molecule has 3 heterocycles. The lowest BCUT2D eigenvalue weighted by Gasteiger charge is -2.15. The summed E-state index contributed by atoms with van der Waals surface area (Å²) in [6.45, 7) is 4.95. The fourth-order valence-electron chi connectivity index (χ4n) is 3.85. The first-order valence-corrected chi connectivity index (χ1v) is 10.7. The van der Waals surface area contributed by atoms with Gasteiger partial charge in [-0.25, -0.2) is 14.8 Å². The van der Waals surface area contributed by atoms with E-state index in [0.29, 0.717) is 11.4 Å². The monoisotopic (exact) mass is 498 g/mol. The number of aryl methyl sites for hydroxylation is 1. The fourth-order valence-corrected chi connectivity index (χ4v) is 3.85. The molecule has 0 unspecified atom stereocenters. The quantitative estimate of drug-likeness (QED) is 0.409. The fraction of sp³-hybridized carbons (Fsp3) is 0.292. The zero-order valence-electron chi connectivity index (χ0n) is 19.7. The van der Waals surface area contributed by atoms with Crippen LogP contribution in [-0.2, 0) is 23.4 Å². The highest BCUT2D eigenvalue weighted by Crippen LogP contribution is 2.39. The van der Waals surface area contributed by atoms with E-state index >= 15 is 0 Å². The van der Waals surface area contributed by atoms with Crippen molar-refractivity contribution < 1.29 is 27.8 Å². The largest absolute Gasteiger partial charge is 0.479 e. The number of carboxylic acid groups (broad SMARTS) is 1. The van der Waals surface area contributed by atoms with Crippen LogP contribution in [-0.4, -0.2) is 42.4 Å². The van der Waals surface area contributed by atoms with Crippen LogP contribution in [0.2, 0.25) is 0 Å². The van der Waals surface area contributed by atoms with Crippen LogP contribution >= 0.6 is 0 Å². The molecule has 4 rings (SSSR count). The topological polar surface area (TPSA) is 130 Å². The maximum absolute atomic E-state index is 13.7. The number of benzene rings is 1. The highest BCUT2D eigenvalue weighted by molar-refractivity contribution is 5.88. The molecule has 0 aliphatic rings. The number of aromatic amines is 1. The first kappa shape index (κ1) is 24.7. The van der Waals surface area contributed by atoms with Gasteiger partial charge in [-0.05, 0) is 12.1 Å². The first-order valence-electron chi connectivity index (χ1n) is 10.7. The Hall–Kier alpha value is -4.40. The Morgan fingerprint density at radius 2 is 1.92 bits per heavy atom. The summed E-state index contributed by atoms with van der Waals surface area (Å²) in [5, 5.41) is 23.4. The number of nitrogens with zero attached hydrogens (tertiary/aromatic N) is 5. The van der Waals surface area contributed by atoms with Gasteiger partial charge in [-0.2, -0.15) is 23.5 Å². The Balaban J connectivity index is 1.97. The molecule has 9 nitrogen and oxygen atoms in total. The van der Waals surface area contributed by atoms with Crippen molar-refractivity contribution >= 4 is 17.0 Å². The van der Waals surface area contributed by atoms with E-state index in [1.54, 1.807) is 7.05 Å². The molecule has 3 aromatic heterocycles. The van der Waals surface area contributed by atoms with E-state index in [1.165, 1.54) is 28.9 Å². The smallest absolute Gasteiger partial charge is 0.417 e. The number of carboxylic acids is 1. The average Bonchev–Trinajstić information content (AvgIpc) is 3.36. The van der Waals surface area contributed by atoms with Gasteiger partial charge in [-0.3, -0.25) is 4.68 Å². The first-order chi connectivity index (χ1) is 16.8. The molecule has 0 saturated heterocycles. The third kappa shape index (κ3) is 4.47. The number of nitrogens with one attached hydrogen (secondary N) is 1. The van der Waals surface area contributed by atoms with Crippen molar-refractivity contribution in [1.29, 1.82) is 5.26 Å². The number of imidazole rings is 1. The molecule has 1 aromatic carbocycles. The zero-order chi connectivity index (χ0) is 26.4. The van der Waals surface area contributed by atoms with Gasteiger partial charge in [0.15, 0.2) is 12.4 Å². The number of rotatable bonds is 5. The van der Waals surface area contributed by atoms with E-state index in [1.807, 2.05) is 20.8 Å². The highest BCUT2D eigenvalue weighted by Gasteiger charge is 2.34. The number of H-pyrrole nitrogens is 1. The van der Waals surface area contributed by atoms with Crippen molar-refractivity contribution in [3.8, 4) is 34.7 Å². The summed E-state index contributed by atoms with van der Waals surface area (Å²) in [4.78, 5) is 22.8. The van der Waals surface area contributed by atoms with Gasteiger partial charge in [0.05, 0.1) is 22.5 Å². The van der Waals surface area contributed by atoms with Gasteiger partial charge in [0.1, 0.15) is 22.8 Å². The second-order valence-electron chi connectivity index (χ2n) is 9.08. The number of aliphatic carboxylic acids is 1. The molecule has 0 fully saturated rings. The standard InChI is InChI=1S/C24H21F3N6O3/c1-23(2,3)20-13(10-28)19(33(4)32-20)21-29-16-9-15(12-7-5-6-8-14(12)24(25,26)27)30-22(18(16)31-21)36-11-17(34)35/h5-9H,11H2,1-4H3,(H,29,31)(H,34,35). The molecule has 4 aromatic rings. The lowest BCUT2D eigenvalue weighted by molar-refractivity contribution is -0.139. The molecule has 0 atom stereocenters. The van der Waals surface area contributed by atoms with Gasteiger partial charge < -0.3 is 14.8 Å². The molecule has 0 aliphatic carbocycles. The van der Waals surface area contributed by atoms with E-state index < -0.39 is 29.7 Å². The lowest BCUT2D eigenvalue weighted by atomic mass is 9.89. The van der Waals surface area contributed by atoms with E-state index in [0.717, 1.165) is 6.07 Å². The van der Waals surface area contributed by atoms with Gasteiger partial charge in [-0.15, -0.1) is 0 Å². The predicted molar refractivity (Wildman–Crippen MR) is 123 cm³/mol. The van der Waals surface area contributed by atoms with Crippen molar-refractivity contribution in [1.82, 2.24) is 24.7 Å². The molecule has 0 saturated carbocycles. The van der Waals surface area contributed by atoms with Gasteiger partial charge >= 0.3 is 12.1 Å². The summed E-state index contributed by atoms with van der Waals surface area (Å²) in [5.74, 6) is -1.33. The minimum Gasteiger partial charge on any atom is -0.479 e. The van der Waals surface area contributed by atoms with Crippen molar-refractivity contribution in [3.05, 3.63) is 47.2 Å². The van der Waals surface area contributed by atoms with E-state index in [4.69, 9.17) is 9.84 Å². The number of halogens is 3. The van der Waals surface area contributed by atoms with Crippen LogP contribution in [0.3, 0.4) is 0 Å². The third-order valence-electron chi connectivity index (χ3n) is 5.38. The number of carbonyl (C=O) groups is 1. The van der Waals surface area contributed by atoms with Crippen molar-refractivity contribution in [2.75, 3.05) is 6.61 Å². The second-order valence-corrected chi connectivity index (χ2v) is 9.08. The Bertz CT molecular complexity index is 1520. The zero-order valence-corrected chi connectivity index (χ0v) is 19.7. The Morgan fingerprint density at radius 1 is 1.22 bits per heavy atom. The number of nitriles is 1. The summed E-state index contributed by atoms with van der Waals surface area (Å²) >= 11 is 0. The highest BCUT2D eigenvalue weighted by atomic mass is 19.4. The summed E-state index contributed by atoms with van der Waals surface area (Å²) in [6.07, 6.45) is -4.65. The van der Waals surface area contributed by atoms with Crippen LogP contribution in [0.1, 0.15) is 37.6 Å². The van der Waals surface area contributed by atoms with E-state index in [9.17, 15) is 23.2 Å². The Labute approximate surface area is 203 Å². The maximum atomic E-state index is 13.7. The number of hydrogen-bond acceptors (Lipinski definition) is 6. The van der Waals surface area contributed by atoms with Crippen LogP contribution < -0.4 is 4.74 Å². The SMILES string of the molecule is Cn1nc(C(C)(C)C)c(C#N)c1-c1nc2cc(-c3ccccc3C(F)(F)F)nc(OCC(=O)O)c2[nH]1. The number of aromatic nitrogens is 5. The summed E-state index contributed by atoms with van der Waals surface area (Å²) < 4.78 is 47.8. The molecule has 0 amide bonds. The molecule has 0 bridgehead atoms. The Kier molecular flexibility index (Phi) is 5.95. The van der Waals surface area contributed by atoms with Crippen molar-refractivity contribution in [2.45, 2.75) is 32.4 Å². The van der Waals surface area contributed by atoms with Crippen LogP contribution in [0.25, 0.3) is 33.8 Å². The number of alkyl halides is 3. The summed E-state index contributed by atoms with van der Waals surface area (Å²) in [5.41, 5.74) is -0.143. The normalized spacial score (nSPS) is 12.1. The maximum Gasteiger partial charge on any atom is 0.417 e. The average molecular weight is 498 g/mol. The molecule has 12 heteroatoms.